The first kappa shape index (κ1) is 30.7. The lowest BCUT2D eigenvalue weighted by molar-refractivity contribution is 0.0142. The normalized spacial score (nSPS) is 15.4. The molecule has 3 aromatic rings. The predicted molar refractivity (Wildman–Crippen MR) is 160 cm³/mol. The lowest BCUT2D eigenvalue weighted by atomic mass is 10.0. The van der Waals surface area contributed by atoms with Crippen LogP contribution < -0.4 is 10.1 Å². The van der Waals surface area contributed by atoms with Crippen LogP contribution in [0, 0.1) is 5.82 Å². The van der Waals surface area contributed by atoms with Crippen LogP contribution in [0.2, 0.25) is 0 Å². The number of rotatable bonds is 7. The minimum Gasteiger partial charge on any atom is -0.506 e. The number of ether oxygens (including phenoxy) is 2. The van der Waals surface area contributed by atoms with Crippen molar-refractivity contribution in [1.82, 2.24) is 19.8 Å². The fourth-order valence-corrected chi connectivity index (χ4v) is 5.14. The molecule has 0 atom stereocenters. The van der Waals surface area contributed by atoms with Crippen LogP contribution in [-0.4, -0.2) is 80.7 Å². The molecule has 1 aliphatic heterocycles. The molecular weight excluding hydrogens is 569 g/mol. The summed E-state index contributed by atoms with van der Waals surface area (Å²) >= 11 is 0. The summed E-state index contributed by atoms with van der Waals surface area (Å²) in [4.78, 5) is 50.9. The third kappa shape index (κ3) is 7.07. The van der Waals surface area contributed by atoms with Gasteiger partial charge < -0.3 is 29.7 Å². The van der Waals surface area contributed by atoms with Gasteiger partial charge in [-0.15, -0.1) is 0 Å². The van der Waals surface area contributed by atoms with Gasteiger partial charge in [0.2, 0.25) is 0 Å². The van der Waals surface area contributed by atoms with Crippen molar-refractivity contribution < 1.29 is 33.4 Å². The molecule has 0 radical (unpaired) electrons. The van der Waals surface area contributed by atoms with Crippen LogP contribution in [-0.2, 0) is 4.74 Å². The monoisotopic (exact) mass is 605 g/mol. The van der Waals surface area contributed by atoms with Gasteiger partial charge in [-0.3, -0.25) is 9.59 Å². The number of hydrogen-bond donors (Lipinski definition) is 2. The van der Waals surface area contributed by atoms with Crippen molar-refractivity contribution in [3.8, 4) is 22.9 Å². The van der Waals surface area contributed by atoms with E-state index in [2.05, 4.69) is 15.3 Å². The molecule has 1 aliphatic carbocycles. The van der Waals surface area contributed by atoms with Crippen molar-refractivity contribution in [3.63, 3.8) is 0 Å². The van der Waals surface area contributed by atoms with E-state index in [-0.39, 0.29) is 46.9 Å². The molecule has 5 rings (SSSR count). The lowest BCUT2D eigenvalue weighted by Gasteiger charge is -2.39. The molecule has 11 nitrogen and oxygen atoms in total. The van der Waals surface area contributed by atoms with E-state index in [9.17, 15) is 23.9 Å². The van der Waals surface area contributed by atoms with Crippen molar-refractivity contribution in [3.05, 3.63) is 65.7 Å². The van der Waals surface area contributed by atoms with Crippen molar-refractivity contribution in [2.45, 2.75) is 64.1 Å². The molecule has 2 heterocycles. The molecule has 2 aliphatic rings. The molecule has 0 bridgehead atoms. The molecular formula is C32H36FN5O6. The third-order valence-electron chi connectivity index (χ3n) is 7.51. The Kier molecular flexibility index (Phi) is 8.70. The highest BCUT2D eigenvalue weighted by molar-refractivity contribution is 6.05. The number of phenols is 1. The van der Waals surface area contributed by atoms with Crippen molar-refractivity contribution in [2.24, 2.45) is 0 Å². The zero-order valence-corrected chi connectivity index (χ0v) is 25.2. The number of piperidine rings is 1. The summed E-state index contributed by atoms with van der Waals surface area (Å²) in [6, 6.07) is 8.44. The Morgan fingerprint density at radius 1 is 1.00 bits per heavy atom. The highest BCUT2D eigenvalue weighted by Crippen LogP contribution is 2.34. The van der Waals surface area contributed by atoms with Gasteiger partial charge in [0.25, 0.3) is 11.8 Å². The van der Waals surface area contributed by atoms with E-state index in [0.29, 0.717) is 42.8 Å². The molecule has 44 heavy (non-hydrogen) atoms. The van der Waals surface area contributed by atoms with Crippen LogP contribution >= 0.6 is 0 Å². The molecule has 1 saturated carbocycles. The molecule has 232 valence electrons. The van der Waals surface area contributed by atoms with Crippen LogP contribution in [0.1, 0.15) is 67.2 Å². The number of anilines is 1. The summed E-state index contributed by atoms with van der Waals surface area (Å²) in [5.41, 5.74) is -0.0310. The van der Waals surface area contributed by atoms with Crippen LogP contribution in [0.15, 0.2) is 48.8 Å². The van der Waals surface area contributed by atoms with Gasteiger partial charge in [0.1, 0.15) is 22.9 Å². The number of aromatic nitrogens is 2. The van der Waals surface area contributed by atoms with E-state index < -0.39 is 17.3 Å². The van der Waals surface area contributed by atoms with E-state index in [1.165, 1.54) is 43.8 Å². The van der Waals surface area contributed by atoms with Crippen molar-refractivity contribution in [1.29, 1.82) is 0 Å². The quantitative estimate of drug-likeness (QED) is 0.349. The van der Waals surface area contributed by atoms with Crippen LogP contribution in [0.3, 0.4) is 0 Å². The summed E-state index contributed by atoms with van der Waals surface area (Å²) in [7, 11) is 1.45. The molecule has 1 aromatic heterocycles. The summed E-state index contributed by atoms with van der Waals surface area (Å²) in [6.45, 7) is 6.52. The van der Waals surface area contributed by atoms with E-state index in [4.69, 9.17) is 9.47 Å². The molecule has 0 unspecified atom stereocenters. The Labute approximate surface area is 255 Å². The first-order chi connectivity index (χ1) is 20.9. The van der Waals surface area contributed by atoms with E-state index in [1.807, 2.05) is 25.7 Å². The Balaban J connectivity index is 1.23. The lowest BCUT2D eigenvalue weighted by Crippen LogP contribution is -2.50. The van der Waals surface area contributed by atoms with Crippen LogP contribution in [0.4, 0.5) is 14.9 Å². The van der Waals surface area contributed by atoms with Gasteiger partial charge in [0, 0.05) is 49.2 Å². The van der Waals surface area contributed by atoms with E-state index >= 15 is 0 Å². The maximum atomic E-state index is 15.0. The zero-order chi connectivity index (χ0) is 31.6. The number of amides is 3. The fraction of sp³-hybridized carbons (Fsp3) is 0.406. The van der Waals surface area contributed by atoms with Gasteiger partial charge in [-0.2, -0.15) is 0 Å². The van der Waals surface area contributed by atoms with Crippen LogP contribution in [0.25, 0.3) is 11.4 Å². The van der Waals surface area contributed by atoms with Crippen molar-refractivity contribution in [2.75, 3.05) is 25.5 Å². The number of carbonyl (C=O) groups is 3. The largest absolute Gasteiger partial charge is 0.506 e. The second-order valence-electron chi connectivity index (χ2n) is 12.0. The summed E-state index contributed by atoms with van der Waals surface area (Å²) < 4.78 is 25.5. The number of nitrogens with one attached hydrogen (secondary N) is 1. The van der Waals surface area contributed by atoms with E-state index in [0.717, 1.165) is 18.9 Å². The molecule has 3 amide bonds. The number of hydrogen-bond acceptors (Lipinski definition) is 8. The minimum absolute atomic E-state index is 0.0130. The molecule has 2 N–H and O–H groups in total. The Bertz CT molecular complexity index is 1550. The van der Waals surface area contributed by atoms with Crippen LogP contribution in [0.5, 0.6) is 11.5 Å². The average Bonchev–Trinajstić information content (AvgIpc) is 3.83. The second-order valence-corrected chi connectivity index (χ2v) is 12.0. The van der Waals surface area contributed by atoms with Gasteiger partial charge in [0.15, 0.2) is 5.82 Å². The third-order valence-corrected chi connectivity index (χ3v) is 7.51. The smallest absolute Gasteiger partial charge is 0.410 e. The number of carbonyl (C=O) groups excluding carboxylic acids is 3. The molecule has 2 aromatic carbocycles. The first-order valence-corrected chi connectivity index (χ1v) is 14.5. The maximum Gasteiger partial charge on any atom is 0.410 e. The van der Waals surface area contributed by atoms with E-state index in [1.54, 1.807) is 11.0 Å². The van der Waals surface area contributed by atoms with Gasteiger partial charge in [-0.1, -0.05) is 6.07 Å². The molecule has 0 spiro atoms. The Hall–Kier alpha value is -4.74. The second kappa shape index (κ2) is 12.5. The fourth-order valence-electron chi connectivity index (χ4n) is 5.14. The summed E-state index contributed by atoms with van der Waals surface area (Å²) in [5.74, 6) is -1.32. The number of likely N-dealkylation sites (tertiary alicyclic amines) is 1. The molecule has 1 saturated heterocycles. The minimum atomic E-state index is -0.797. The van der Waals surface area contributed by atoms with Gasteiger partial charge in [-0.05, 0) is 70.7 Å². The van der Waals surface area contributed by atoms with Gasteiger partial charge in [-0.25, -0.2) is 19.2 Å². The maximum absolute atomic E-state index is 15.0. The number of benzene rings is 2. The highest BCUT2D eigenvalue weighted by atomic mass is 19.1. The number of aromatic hydroxyl groups is 1. The topological polar surface area (TPSA) is 134 Å². The number of halogens is 1. The SMILES string of the molecule is COc1ccc(NC(=O)c2ccc(-c3ncc(C(=O)N(C4CC4)C4CCN(C(=O)OC(C)(C)C)CC4)cn3)cc2F)c(O)c1. The Morgan fingerprint density at radius 2 is 1.66 bits per heavy atom. The summed E-state index contributed by atoms with van der Waals surface area (Å²) in [6.07, 6.45) is 5.67. The predicted octanol–water partition coefficient (Wildman–Crippen LogP) is 5.25. The first-order valence-electron chi connectivity index (χ1n) is 14.5. The average molecular weight is 606 g/mol. The highest BCUT2D eigenvalue weighted by Gasteiger charge is 2.40. The number of nitrogens with zero attached hydrogens (tertiary/aromatic N) is 4. The number of methoxy groups -OCH3 is 1. The zero-order valence-electron chi connectivity index (χ0n) is 25.2. The van der Waals surface area contributed by atoms with Gasteiger partial charge in [0.05, 0.1) is 23.9 Å². The van der Waals surface area contributed by atoms with Crippen molar-refractivity contribution >= 4 is 23.6 Å². The molecule has 12 heteroatoms. The summed E-state index contributed by atoms with van der Waals surface area (Å²) in [5, 5.41) is 12.6. The van der Waals surface area contributed by atoms with Gasteiger partial charge >= 0.3 is 6.09 Å². The molecule has 2 fully saturated rings. The Morgan fingerprint density at radius 3 is 2.23 bits per heavy atom. The standard InChI is InChI=1S/C32H36FN5O6/c1-32(2,3)44-31(42)37-13-11-22(12-14-37)38(21-6-7-21)30(41)20-17-34-28(35-18-20)19-5-9-24(25(33)15-19)29(40)36-26-10-8-23(43-4)16-27(26)39/h5,8-10,15-18,21-22,39H,6-7,11-14H2,1-4H3,(H,36,40). The number of phenolic OH excluding ortho intramolecular Hbond substituents is 1.